The van der Waals surface area contributed by atoms with Crippen molar-refractivity contribution in [2.45, 2.75) is 6.54 Å². The van der Waals surface area contributed by atoms with Crippen LogP contribution in [0.4, 0.5) is 0 Å². The van der Waals surface area contributed by atoms with Gasteiger partial charge in [-0.1, -0.05) is 34.1 Å². The Morgan fingerprint density at radius 3 is 2.89 bits per heavy atom. The predicted octanol–water partition coefficient (Wildman–Crippen LogP) is 3.74. The molecule has 0 aliphatic heterocycles. The van der Waals surface area contributed by atoms with Gasteiger partial charge in [0.05, 0.1) is 6.61 Å². The lowest BCUT2D eigenvalue weighted by atomic mass is 10.1. The number of hydrogen-bond donors (Lipinski definition) is 0. The summed E-state index contributed by atoms with van der Waals surface area (Å²) in [6.45, 7) is 3.81. The minimum absolute atomic E-state index is 0.787. The number of methoxy groups -OCH3 is 1. The molecular formula is C14H18BrNOS. The van der Waals surface area contributed by atoms with E-state index in [2.05, 4.69) is 50.5 Å². The van der Waals surface area contributed by atoms with Crippen molar-refractivity contribution >= 4 is 37.4 Å². The van der Waals surface area contributed by atoms with Crippen LogP contribution in [0.15, 0.2) is 29.6 Å². The average Bonchev–Trinajstić information content (AvgIpc) is 2.80. The maximum absolute atomic E-state index is 5.17. The van der Waals surface area contributed by atoms with Crippen LogP contribution in [-0.4, -0.2) is 37.0 Å². The Morgan fingerprint density at radius 2 is 2.11 bits per heavy atom. The Kier molecular flexibility index (Phi) is 5.63. The van der Waals surface area contributed by atoms with Gasteiger partial charge in [-0.15, -0.1) is 11.3 Å². The summed E-state index contributed by atoms with van der Waals surface area (Å²) in [7, 11) is 1.76. The third-order valence-corrected chi connectivity index (χ3v) is 4.33. The van der Waals surface area contributed by atoms with Gasteiger partial charge in [-0.2, -0.15) is 0 Å². The Bertz CT molecular complexity index is 485. The van der Waals surface area contributed by atoms with Gasteiger partial charge in [0.2, 0.25) is 0 Å². The summed E-state index contributed by atoms with van der Waals surface area (Å²) >= 11 is 5.34. The number of ether oxygens (including phenoxy) is 1. The molecule has 2 aromatic rings. The molecule has 0 unspecified atom stereocenters. The fourth-order valence-electron chi connectivity index (χ4n) is 2.01. The highest BCUT2D eigenvalue weighted by Crippen LogP contribution is 2.26. The molecule has 18 heavy (non-hydrogen) atoms. The molecule has 0 aliphatic rings. The summed E-state index contributed by atoms with van der Waals surface area (Å²) < 4.78 is 6.54. The second-order valence-corrected chi connectivity index (χ2v) is 5.92. The van der Waals surface area contributed by atoms with Crippen LogP contribution in [0.2, 0.25) is 0 Å². The smallest absolute Gasteiger partial charge is 0.0589 e. The summed E-state index contributed by atoms with van der Waals surface area (Å²) in [4.78, 5) is 2.42. The van der Waals surface area contributed by atoms with Crippen molar-refractivity contribution in [3.8, 4) is 0 Å². The van der Waals surface area contributed by atoms with Gasteiger partial charge in [0.1, 0.15) is 0 Å². The number of rotatable bonds is 7. The normalized spacial score (nSPS) is 11.5. The van der Waals surface area contributed by atoms with Gasteiger partial charge in [0.25, 0.3) is 0 Å². The second kappa shape index (κ2) is 7.24. The third-order valence-electron chi connectivity index (χ3n) is 2.97. The van der Waals surface area contributed by atoms with Crippen molar-refractivity contribution in [3.63, 3.8) is 0 Å². The van der Waals surface area contributed by atoms with Crippen LogP contribution >= 0.6 is 27.3 Å². The Balaban J connectivity index is 2.10. The van der Waals surface area contributed by atoms with E-state index in [-0.39, 0.29) is 0 Å². The van der Waals surface area contributed by atoms with Gasteiger partial charge in [-0.05, 0) is 22.4 Å². The van der Waals surface area contributed by atoms with Crippen LogP contribution in [-0.2, 0) is 11.3 Å². The molecule has 2 nitrogen and oxygen atoms in total. The van der Waals surface area contributed by atoms with Crippen molar-refractivity contribution < 1.29 is 4.74 Å². The summed E-state index contributed by atoms with van der Waals surface area (Å²) in [6, 6.07) is 8.61. The summed E-state index contributed by atoms with van der Waals surface area (Å²) in [5, 5.41) is 4.66. The first-order valence-corrected chi connectivity index (χ1v) is 8.07. The first-order chi connectivity index (χ1) is 8.85. The minimum Gasteiger partial charge on any atom is -0.383 e. The second-order valence-electron chi connectivity index (χ2n) is 4.22. The van der Waals surface area contributed by atoms with Crippen LogP contribution < -0.4 is 0 Å². The molecule has 0 fully saturated rings. The molecule has 0 bridgehead atoms. The minimum atomic E-state index is 0.787. The van der Waals surface area contributed by atoms with Crippen molar-refractivity contribution in [1.82, 2.24) is 4.90 Å². The molecule has 0 atom stereocenters. The van der Waals surface area contributed by atoms with Crippen LogP contribution in [0.5, 0.6) is 0 Å². The molecule has 0 amide bonds. The lowest BCUT2D eigenvalue weighted by Gasteiger charge is -2.20. The zero-order valence-corrected chi connectivity index (χ0v) is 13.0. The molecule has 1 heterocycles. The highest BCUT2D eigenvalue weighted by Gasteiger charge is 2.09. The average molecular weight is 328 g/mol. The zero-order chi connectivity index (χ0) is 12.8. The van der Waals surface area contributed by atoms with Crippen LogP contribution in [0.3, 0.4) is 0 Å². The molecule has 0 spiro atoms. The van der Waals surface area contributed by atoms with E-state index < -0.39 is 0 Å². The lowest BCUT2D eigenvalue weighted by molar-refractivity contribution is 0.148. The Labute approximate surface area is 121 Å². The third kappa shape index (κ3) is 3.54. The topological polar surface area (TPSA) is 12.5 Å². The predicted molar refractivity (Wildman–Crippen MR) is 82.8 cm³/mol. The van der Waals surface area contributed by atoms with Crippen molar-refractivity contribution in [2.75, 3.05) is 32.1 Å². The van der Waals surface area contributed by atoms with Crippen LogP contribution in [0, 0.1) is 0 Å². The summed E-state index contributed by atoms with van der Waals surface area (Å²) in [5.74, 6) is 0. The quantitative estimate of drug-likeness (QED) is 0.718. The maximum atomic E-state index is 5.17. The number of nitrogens with zero attached hydrogens (tertiary/aromatic N) is 1. The van der Waals surface area contributed by atoms with Crippen molar-refractivity contribution in [3.05, 3.63) is 35.2 Å². The molecular weight excluding hydrogens is 310 g/mol. The van der Waals surface area contributed by atoms with E-state index in [4.69, 9.17) is 4.74 Å². The monoisotopic (exact) mass is 327 g/mol. The molecule has 4 heteroatoms. The lowest BCUT2D eigenvalue weighted by Crippen LogP contribution is -2.28. The highest BCUT2D eigenvalue weighted by molar-refractivity contribution is 9.09. The van der Waals surface area contributed by atoms with E-state index >= 15 is 0 Å². The summed E-state index contributed by atoms with van der Waals surface area (Å²) in [6.07, 6.45) is 0. The number of benzene rings is 1. The van der Waals surface area contributed by atoms with Crippen LogP contribution in [0.1, 0.15) is 5.56 Å². The molecule has 0 N–H and O–H groups in total. The molecule has 98 valence electrons. The Morgan fingerprint density at radius 1 is 1.28 bits per heavy atom. The van der Waals surface area contributed by atoms with E-state index in [0.29, 0.717) is 0 Å². The van der Waals surface area contributed by atoms with E-state index in [0.717, 1.165) is 31.6 Å². The molecule has 0 aliphatic carbocycles. The molecule has 2 rings (SSSR count). The molecule has 1 aromatic carbocycles. The largest absolute Gasteiger partial charge is 0.383 e. The van der Waals surface area contributed by atoms with Gasteiger partial charge >= 0.3 is 0 Å². The van der Waals surface area contributed by atoms with E-state index in [1.54, 1.807) is 7.11 Å². The van der Waals surface area contributed by atoms with Crippen LogP contribution in [0.25, 0.3) is 10.1 Å². The van der Waals surface area contributed by atoms with Crippen molar-refractivity contribution in [2.24, 2.45) is 0 Å². The number of alkyl halides is 1. The number of halogens is 1. The maximum Gasteiger partial charge on any atom is 0.0589 e. The number of hydrogen-bond acceptors (Lipinski definition) is 3. The van der Waals surface area contributed by atoms with Gasteiger partial charge in [0, 0.05) is 36.8 Å². The van der Waals surface area contributed by atoms with Gasteiger partial charge in [-0.25, -0.2) is 0 Å². The van der Waals surface area contributed by atoms with Crippen molar-refractivity contribution in [1.29, 1.82) is 0 Å². The fraction of sp³-hybridized carbons (Fsp3) is 0.429. The molecule has 0 radical (unpaired) electrons. The number of thiophene rings is 1. The van der Waals surface area contributed by atoms with E-state index in [1.807, 2.05) is 11.3 Å². The van der Waals surface area contributed by atoms with E-state index in [9.17, 15) is 0 Å². The zero-order valence-electron chi connectivity index (χ0n) is 10.6. The molecule has 1 aromatic heterocycles. The standard InChI is InChI=1S/C14H18BrNOS/c1-17-9-8-16(7-6-15)10-12-11-18-14-5-3-2-4-13(12)14/h2-5,11H,6-10H2,1H3. The number of fused-ring (bicyclic) bond motifs is 1. The SMILES string of the molecule is COCCN(CCBr)Cc1csc2ccccc12. The van der Waals surface area contributed by atoms with Gasteiger partial charge in [-0.3, -0.25) is 4.90 Å². The Hall–Kier alpha value is -0.420. The first-order valence-electron chi connectivity index (χ1n) is 6.07. The van der Waals surface area contributed by atoms with Gasteiger partial charge < -0.3 is 4.74 Å². The van der Waals surface area contributed by atoms with E-state index in [1.165, 1.54) is 15.6 Å². The molecule has 0 saturated carbocycles. The van der Waals surface area contributed by atoms with Gasteiger partial charge in [0.15, 0.2) is 0 Å². The fourth-order valence-corrected chi connectivity index (χ4v) is 3.46. The molecule has 0 saturated heterocycles. The highest BCUT2D eigenvalue weighted by atomic mass is 79.9. The summed E-state index contributed by atoms with van der Waals surface area (Å²) in [5.41, 5.74) is 1.42. The first kappa shape index (κ1) is 14.0.